The first-order valence-corrected chi connectivity index (χ1v) is 5.89. The van der Waals surface area contributed by atoms with Gasteiger partial charge in [-0.15, -0.1) is 5.10 Å². The highest BCUT2D eigenvalue weighted by atomic mass is 16.6. The number of rotatable bonds is 4. The SMILES string of the molecule is NC(N)=NN=Cc1ccc(-c2ccc([N+](=O)[O-])cn2)cc1. The Balaban J connectivity index is 2.17. The van der Waals surface area contributed by atoms with Crippen molar-refractivity contribution in [3.05, 3.63) is 58.3 Å². The first-order chi connectivity index (χ1) is 10.1. The van der Waals surface area contributed by atoms with Crippen LogP contribution >= 0.6 is 0 Å². The van der Waals surface area contributed by atoms with E-state index in [1.54, 1.807) is 6.07 Å². The summed E-state index contributed by atoms with van der Waals surface area (Å²) in [4.78, 5) is 14.1. The lowest BCUT2D eigenvalue weighted by Gasteiger charge is -2.00. The van der Waals surface area contributed by atoms with E-state index >= 15 is 0 Å². The van der Waals surface area contributed by atoms with Crippen molar-refractivity contribution in [3.63, 3.8) is 0 Å². The van der Waals surface area contributed by atoms with Crippen molar-refractivity contribution in [1.82, 2.24) is 4.98 Å². The van der Waals surface area contributed by atoms with Gasteiger partial charge < -0.3 is 11.5 Å². The molecular weight excluding hydrogens is 272 g/mol. The molecule has 0 aliphatic rings. The van der Waals surface area contributed by atoms with Crippen LogP contribution in [0.15, 0.2) is 52.8 Å². The molecule has 0 fully saturated rings. The zero-order chi connectivity index (χ0) is 15.2. The average molecular weight is 284 g/mol. The van der Waals surface area contributed by atoms with Crippen LogP contribution in [0.4, 0.5) is 5.69 Å². The predicted octanol–water partition coefficient (Wildman–Crippen LogP) is 1.26. The summed E-state index contributed by atoms with van der Waals surface area (Å²) in [6.45, 7) is 0. The first kappa shape index (κ1) is 14.1. The van der Waals surface area contributed by atoms with E-state index in [1.165, 1.54) is 18.5 Å². The van der Waals surface area contributed by atoms with E-state index in [0.717, 1.165) is 11.1 Å². The Kier molecular flexibility index (Phi) is 4.20. The van der Waals surface area contributed by atoms with Crippen molar-refractivity contribution in [1.29, 1.82) is 0 Å². The molecule has 0 aliphatic carbocycles. The minimum Gasteiger partial charge on any atom is -0.369 e. The quantitative estimate of drug-likeness (QED) is 0.377. The lowest BCUT2D eigenvalue weighted by atomic mass is 10.1. The molecule has 0 saturated carbocycles. The van der Waals surface area contributed by atoms with Crippen LogP contribution in [0.5, 0.6) is 0 Å². The minimum atomic E-state index is -0.486. The molecule has 2 aromatic rings. The zero-order valence-corrected chi connectivity index (χ0v) is 10.9. The third kappa shape index (κ3) is 3.83. The Labute approximate surface area is 120 Å². The van der Waals surface area contributed by atoms with Gasteiger partial charge in [0.05, 0.1) is 16.8 Å². The first-order valence-electron chi connectivity index (χ1n) is 5.89. The number of pyridine rings is 1. The maximum atomic E-state index is 10.6. The molecule has 2 rings (SSSR count). The second kappa shape index (κ2) is 6.24. The van der Waals surface area contributed by atoms with E-state index in [-0.39, 0.29) is 11.6 Å². The lowest BCUT2D eigenvalue weighted by Crippen LogP contribution is -2.21. The van der Waals surface area contributed by atoms with E-state index < -0.39 is 4.92 Å². The van der Waals surface area contributed by atoms with Crippen molar-refractivity contribution in [2.24, 2.45) is 21.7 Å². The highest BCUT2D eigenvalue weighted by Gasteiger charge is 2.06. The predicted molar refractivity (Wildman–Crippen MR) is 79.7 cm³/mol. The van der Waals surface area contributed by atoms with Gasteiger partial charge in [0, 0.05) is 11.6 Å². The maximum Gasteiger partial charge on any atom is 0.287 e. The third-order valence-electron chi connectivity index (χ3n) is 2.55. The van der Waals surface area contributed by atoms with Crippen LogP contribution in [0, 0.1) is 10.1 Å². The van der Waals surface area contributed by atoms with Crippen LogP contribution in [-0.4, -0.2) is 22.1 Å². The van der Waals surface area contributed by atoms with E-state index in [4.69, 9.17) is 11.5 Å². The summed E-state index contributed by atoms with van der Waals surface area (Å²) in [6, 6.07) is 10.3. The number of nitrogens with zero attached hydrogens (tertiary/aromatic N) is 4. The van der Waals surface area contributed by atoms with Gasteiger partial charge in [-0.25, -0.2) is 4.98 Å². The Bertz CT molecular complexity index is 688. The molecule has 0 amide bonds. The molecule has 8 heteroatoms. The Morgan fingerprint density at radius 3 is 2.43 bits per heavy atom. The van der Waals surface area contributed by atoms with Gasteiger partial charge >= 0.3 is 0 Å². The van der Waals surface area contributed by atoms with E-state index in [1.807, 2.05) is 24.3 Å². The molecule has 106 valence electrons. The number of benzene rings is 1. The number of hydrogen-bond donors (Lipinski definition) is 2. The van der Waals surface area contributed by atoms with Crippen LogP contribution in [0.1, 0.15) is 5.56 Å². The lowest BCUT2D eigenvalue weighted by molar-refractivity contribution is -0.385. The summed E-state index contributed by atoms with van der Waals surface area (Å²) in [6.07, 6.45) is 2.73. The summed E-state index contributed by atoms with van der Waals surface area (Å²) in [5, 5.41) is 17.8. The van der Waals surface area contributed by atoms with E-state index in [0.29, 0.717) is 5.69 Å². The van der Waals surface area contributed by atoms with Gasteiger partial charge in [-0.2, -0.15) is 5.10 Å². The standard InChI is InChI=1S/C13H12N6O2/c14-13(15)18-17-7-9-1-3-10(4-2-9)12-6-5-11(8-16-12)19(20)21/h1-8H,(H4,14,15,18). The Morgan fingerprint density at radius 2 is 1.90 bits per heavy atom. The maximum absolute atomic E-state index is 10.6. The fourth-order valence-corrected chi connectivity index (χ4v) is 1.57. The van der Waals surface area contributed by atoms with Crippen molar-refractivity contribution in [3.8, 4) is 11.3 Å². The molecule has 0 bridgehead atoms. The molecule has 0 spiro atoms. The van der Waals surface area contributed by atoms with Gasteiger partial charge in [0.2, 0.25) is 5.96 Å². The topological polar surface area (TPSA) is 133 Å². The Morgan fingerprint density at radius 1 is 1.19 bits per heavy atom. The second-order valence-electron chi connectivity index (χ2n) is 4.05. The van der Waals surface area contributed by atoms with Crippen LogP contribution in [0.2, 0.25) is 0 Å². The van der Waals surface area contributed by atoms with Crippen molar-refractivity contribution >= 4 is 17.9 Å². The van der Waals surface area contributed by atoms with Crippen LogP contribution < -0.4 is 11.5 Å². The molecular formula is C13H12N6O2. The van der Waals surface area contributed by atoms with Gasteiger partial charge in [0.15, 0.2) is 0 Å². The molecule has 1 aromatic carbocycles. The monoisotopic (exact) mass is 284 g/mol. The van der Waals surface area contributed by atoms with Crippen LogP contribution in [0.3, 0.4) is 0 Å². The van der Waals surface area contributed by atoms with Crippen molar-refractivity contribution in [2.45, 2.75) is 0 Å². The van der Waals surface area contributed by atoms with Crippen LogP contribution in [0.25, 0.3) is 11.3 Å². The van der Waals surface area contributed by atoms with Gasteiger partial charge in [-0.05, 0) is 11.6 Å². The molecule has 21 heavy (non-hydrogen) atoms. The highest BCUT2D eigenvalue weighted by molar-refractivity contribution is 5.82. The fourth-order valence-electron chi connectivity index (χ4n) is 1.57. The normalized spacial score (nSPS) is 10.5. The molecule has 1 aromatic heterocycles. The van der Waals surface area contributed by atoms with Gasteiger partial charge in [-0.3, -0.25) is 10.1 Å². The van der Waals surface area contributed by atoms with Gasteiger partial charge in [0.1, 0.15) is 6.20 Å². The number of hydrogen-bond acceptors (Lipinski definition) is 5. The highest BCUT2D eigenvalue weighted by Crippen LogP contribution is 2.19. The number of nitrogens with two attached hydrogens (primary N) is 2. The average Bonchev–Trinajstić information content (AvgIpc) is 2.48. The Hall–Kier alpha value is -3.29. The molecule has 8 nitrogen and oxygen atoms in total. The molecule has 0 atom stereocenters. The number of aromatic nitrogens is 1. The largest absolute Gasteiger partial charge is 0.369 e. The number of guanidine groups is 1. The second-order valence-corrected chi connectivity index (χ2v) is 4.05. The molecule has 0 aliphatic heterocycles. The van der Waals surface area contributed by atoms with Gasteiger partial charge in [-0.1, -0.05) is 24.3 Å². The zero-order valence-electron chi connectivity index (χ0n) is 10.9. The number of nitro groups is 1. The molecule has 4 N–H and O–H groups in total. The molecule has 0 saturated heterocycles. The minimum absolute atomic E-state index is 0.0419. The molecule has 0 radical (unpaired) electrons. The summed E-state index contributed by atoms with van der Waals surface area (Å²) in [5.74, 6) is -0.113. The summed E-state index contributed by atoms with van der Waals surface area (Å²) in [7, 11) is 0. The summed E-state index contributed by atoms with van der Waals surface area (Å²) in [5.41, 5.74) is 12.5. The smallest absolute Gasteiger partial charge is 0.287 e. The summed E-state index contributed by atoms with van der Waals surface area (Å²) < 4.78 is 0. The van der Waals surface area contributed by atoms with E-state index in [2.05, 4.69) is 15.2 Å². The fraction of sp³-hybridized carbons (Fsp3) is 0. The van der Waals surface area contributed by atoms with Crippen LogP contribution in [-0.2, 0) is 0 Å². The van der Waals surface area contributed by atoms with Crippen molar-refractivity contribution in [2.75, 3.05) is 0 Å². The molecule has 1 heterocycles. The molecule has 0 unspecified atom stereocenters. The van der Waals surface area contributed by atoms with E-state index in [9.17, 15) is 10.1 Å². The van der Waals surface area contributed by atoms with Gasteiger partial charge in [0.25, 0.3) is 5.69 Å². The third-order valence-corrected chi connectivity index (χ3v) is 2.55. The van der Waals surface area contributed by atoms with Crippen molar-refractivity contribution < 1.29 is 4.92 Å². The summed E-state index contributed by atoms with van der Waals surface area (Å²) >= 11 is 0.